The van der Waals surface area contributed by atoms with Crippen LogP contribution in [0.4, 0.5) is 17.6 Å². The van der Waals surface area contributed by atoms with Gasteiger partial charge in [0.1, 0.15) is 17.4 Å². The molecule has 1 atom stereocenters. The first-order valence-corrected chi connectivity index (χ1v) is 8.14. The van der Waals surface area contributed by atoms with Gasteiger partial charge in [0.25, 0.3) is 5.91 Å². The minimum Gasteiger partial charge on any atom is -0.468 e. The summed E-state index contributed by atoms with van der Waals surface area (Å²) in [7, 11) is 1.12. The SMILES string of the molecule is CCn1ncc(C(F)(F)F)c1-c1cc(F)cc(C(=O)NC[C@@H](N)C(=O)OC)c1. The molecule has 0 aliphatic rings. The molecule has 2 aromatic rings. The molecule has 0 bridgehead atoms. The summed E-state index contributed by atoms with van der Waals surface area (Å²) in [5, 5.41) is 5.99. The third-order valence-electron chi connectivity index (χ3n) is 3.86. The van der Waals surface area contributed by atoms with E-state index in [1.807, 2.05) is 0 Å². The van der Waals surface area contributed by atoms with Crippen LogP contribution in [0.15, 0.2) is 24.4 Å². The second kappa shape index (κ2) is 8.38. The van der Waals surface area contributed by atoms with Gasteiger partial charge in [-0.15, -0.1) is 0 Å². The summed E-state index contributed by atoms with van der Waals surface area (Å²) in [5.74, 6) is -2.48. The smallest absolute Gasteiger partial charge is 0.420 e. The van der Waals surface area contributed by atoms with Gasteiger partial charge in [-0.05, 0) is 25.1 Å². The molecule has 0 saturated carbocycles. The number of nitrogens with zero attached hydrogens (tertiary/aromatic N) is 2. The molecule has 3 N–H and O–H groups in total. The molecule has 1 heterocycles. The van der Waals surface area contributed by atoms with Crippen molar-refractivity contribution in [2.24, 2.45) is 5.73 Å². The van der Waals surface area contributed by atoms with Crippen LogP contribution in [0.2, 0.25) is 0 Å². The highest BCUT2D eigenvalue weighted by atomic mass is 19.4. The molecule has 7 nitrogen and oxygen atoms in total. The maximum Gasteiger partial charge on any atom is 0.420 e. The van der Waals surface area contributed by atoms with E-state index in [2.05, 4.69) is 15.2 Å². The number of benzene rings is 1. The number of amides is 1. The number of nitrogens with one attached hydrogen (secondary N) is 1. The van der Waals surface area contributed by atoms with Crippen molar-refractivity contribution in [1.29, 1.82) is 0 Å². The van der Waals surface area contributed by atoms with Crippen LogP contribution in [-0.4, -0.2) is 41.4 Å². The molecule has 28 heavy (non-hydrogen) atoms. The molecule has 1 aromatic carbocycles. The molecule has 0 unspecified atom stereocenters. The first kappa shape index (κ1) is 21.4. The molecule has 1 aromatic heterocycles. The van der Waals surface area contributed by atoms with Gasteiger partial charge < -0.3 is 15.8 Å². The monoisotopic (exact) mass is 402 g/mol. The number of rotatable bonds is 6. The van der Waals surface area contributed by atoms with Gasteiger partial charge in [0.15, 0.2) is 0 Å². The number of carbonyl (C=O) groups excluding carboxylic acids is 2. The zero-order valence-electron chi connectivity index (χ0n) is 15.0. The Bertz CT molecular complexity index is 880. The van der Waals surface area contributed by atoms with Crippen LogP contribution in [0.5, 0.6) is 0 Å². The molecule has 0 aliphatic heterocycles. The van der Waals surface area contributed by atoms with Gasteiger partial charge in [-0.1, -0.05) is 0 Å². The van der Waals surface area contributed by atoms with Crippen LogP contribution >= 0.6 is 0 Å². The highest BCUT2D eigenvalue weighted by Crippen LogP contribution is 2.37. The number of carbonyl (C=O) groups is 2. The van der Waals surface area contributed by atoms with Crippen molar-refractivity contribution >= 4 is 11.9 Å². The number of esters is 1. The van der Waals surface area contributed by atoms with Gasteiger partial charge in [0, 0.05) is 24.2 Å². The van der Waals surface area contributed by atoms with Crippen molar-refractivity contribution < 1.29 is 31.9 Å². The third-order valence-corrected chi connectivity index (χ3v) is 3.86. The summed E-state index contributed by atoms with van der Waals surface area (Å²) in [6.45, 7) is 1.40. The number of aryl methyl sites for hydroxylation is 1. The van der Waals surface area contributed by atoms with Crippen molar-refractivity contribution in [2.75, 3.05) is 13.7 Å². The number of alkyl halides is 3. The standard InChI is InChI=1S/C17H18F4N4O3/c1-3-25-14(12(7-24-25)17(19,20)21)9-4-10(6-11(18)5-9)15(26)23-8-13(22)16(27)28-2/h4-7,13H,3,8,22H2,1-2H3,(H,23,26)/t13-/m1/s1. The molecule has 0 fully saturated rings. The number of ether oxygens (including phenoxy) is 1. The second-order valence-corrected chi connectivity index (χ2v) is 5.79. The van der Waals surface area contributed by atoms with E-state index in [1.54, 1.807) is 6.92 Å². The average molecular weight is 402 g/mol. The predicted molar refractivity (Wildman–Crippen MR) is 90.6 cm³/mol. The van der Waals surface area contributed by atoms with Crippen LogP contribution in [-0.2, 0) is 22.3 Å². The van der Waals surface area contributed by atoms with Gasteiger partial charge in [0.05, 0.1) is 19.0 Å². The fraction of sp³-hybridized carbons (Fsp3) is 0.353. The van der Waals surface area contributed by atoms with Crippen molar-refractivity contribution in [3.63, 3.8) is 0 Å². The maximum atomic E-state index is 14.0. The third kappa shape index (κ3) is 4.66. The van der Waals surface area contributed by atoms with Crippen molar-refractivity contribution in [1.82, 2.24) is 15.1 Å². The number of hydrogen-bond donors (Lipinski definition) is 2. The minimum absolute atomic E-state index is 0.109. The first-order valence-electron chi connectivity index (χ1n) is 8.14. The van der Waals surface area contributed by atoms with E-state index >= 15 is 0 Å². The summed E-state index contributed by atoms with van der Waals surface area (Å²) in [6.07, 6.45) is -4.05. The lowest BCUT2D eigenvalue weighted by Crippen LogP contribution is -2.43. The summed E-state index contributed by atoms with van der Waals surface area (Å²) in [4.78, 5) is 23.5. The van der Waals surface area contributed by atoms with E-state index in [-0.39, 0.29) is 29.9 Å². The molecule has 1 amide bonds. The second-order valence-electron chi connectivity index (χ2n) is 5.79. The lowest BCUT2D eigenvalue weighted by atomic mass is 10.0. The fourth-order valence-electron chi connectivity index (χ4n) is 2.53. The zero-order chi connectivity index (χ0) is 21.1. The zero-order valence-corrected chi connectivity index (χ0v) is 15.0. The van der Waals surface area contributed by atoms with Crippen LogP contribution in [0.1, 0.15) is 22.8 Å². The Morgan fingerprint density at radius 2 is 2.00 bits per heavy atom. The van der Waals surface area contributed by atoms with E-state index in [1.165, 1.54) is 0 Å². The lowest BCUT2D eigenvalue weighted by Gasteiger charge is -2.13. The molecule has 152 valence electrons. The van der Waals surface area contributed by atoms with Crippen molar-refractivity contribution in [3.8, 4) is 11.3 Å². The Labute approximate surface area is 157 Å². The Balaban J connectivity index is 2.38. The van der Waals surface area contributed by atoms with E-state index in [4.69, 9.17) is 5.73 Å². The van der Waals surface area contributed by atoms with E-state index in [9.17, 15) is 27.2 Å². The van der Waals surface area contributed by atoms with Crippen LogP contribution < -0.4 is 11.1 Å². The lowest BCUT2D eigenvalue weighted by molar-refractivity contribution is -0.142. The first-order chi connectivity index (χ1) is 13.1. The number of halogens is 4. The number of nitrogens with two attached hydrogens (primary N) is 1. The molecule has 0 spiro atoms. The van der Waals surface area contributed by atoms with E-state index in [0.717, 1.165) is 30.0 Å². The maximum absolute atomic E-state index is 14.0. The highest BCUT2D eigenvalue weighted by Gasteiger charge is 2.36. The Morgan fingerprint density at radius 1 is 1.32 bits per heavy atom. The van der Waals surface area contributed by atoms with Gasteiger partial charge in [-0.25, -0.2) is 4.39 Å². The topological polar surface area (TPSA) is 99.2 Å². The van der Waals surface area contributed by atoms with Gasteiger partial charge in [0.2, 0.25) is 0 Å². The van der Waals surface area contributed by atoms with E-state index < -0.39 is 35.5 Å². The van der Waals surface area contributed by atoms with Gasteiger partial charge in [-0.3, -0.25) is 14.3 Å². The van der Waals surface area contributed by atoms with E-state index in [0.29, 0.717) is 6.20 Å². The predicted octanol–water partition coefficient (Wildman–Crippen LogP) is 1.96. The van der Waals surface area contributed by atoms with Crippen LogP contribution in [0.3, 0.4) is 0 Å². The molecule has 0 aliphatic carbocycles. The van der Waals surface area contributed by atoms with Crippen molar-refractivity contribution in [3.05, 3.63) is 41.3 Å². The molecular weight excluding hydrogens is 384 g/mol. The summed E-state index contributed by atoms with van der Waals surface area (Å²) < 4.78 is 59.3. The highest BCUT2D eigenvalue weighted by molar-refractivity contribution is 5.95. The average Bonchev–Trinajstić information content (AvgIpc) is 3.09. The molecule has 2 rings (SSSR count). The molecule has 0 radical (unpaired) electrons. The number of aromatic nitrogens is 2. The fourth-order valence-corrected chi connectivity index (χ4v) is 2.53. The Morgan fingerprint density at radius 3 is 2.57 bits per heavy atom. The normalized spacial score (nSPS) is 12.5. The van der Waals surface area contributed by atoms with Gasteiger partial charge in [-0.2, -0.15) is 18.3 Å². The largest absolute Gasteiger partial charge is 0.468 e. The van der Waals surface area contributed by atoms with Gasteiger partial charge >= 0.3 is 12.1 Å². The molecule has 11 heteroatoms. The van der Waals surface area contributed by atoms with Crippen molar-refractivity contribution in [2.45, 2.75) is 25.7 Å². The quantitative estimate of drug-likeness (QED) is 0.569. The summed E-state index contributed by atoms with van der Waals surface area (Å²) in [6, 6.07) is 1.72. The minimum atomic E-state index is -4.70. The van der Waals surface area contributed by atoms with Crippen LogP contribution in [0, 0.1) is 5.82 Å². The molecule has 0 saturated heterocycles. The number of methoxy groups -OCH3 is 1. The Hall–Kier alpha value is -2.95. The summed E-state index contributed by atoms with van der Waals surface area (Å²) >= 11 is 0. The Kier molecular flexibility index (Phi) is 6.39. The van der Waals surface area contributed by atoms with Crippen LogP contribution in [0.25, 0.3) is 11.3 Å². The molecular formula is C17H18F4N4O3. The summed E-state index contributed by atoms with van der Waals surface area (Å²) in [5.41, 5.74) is 3.71. The number of hydrogen-bond acceptors (Lipinski definition) is 5.